The molecular formula is C18H29Cl2N3O2. The minimum Gasteiger partial charge on any atom is -0.381 e. The van der Waals surface area contributed by atoms with E-state index < -0.39 is 6.04 Å². The molecule has 2 heterocycles. The minimum absolute atomic E-state index is 0. The van der Waals surface area contributed by atoms with Gasteiger partial charge in [-0.15, -0.1) is 24.8 Å². The van der Waals surface area contributed by atoms with E-state index in [1.54, 1.807) is 0 Å². The molecule has 0 spiro atoms. The van der Waals surface area contributed by atoms with Gasteiger partial charge in [-0.05, 0) is 43.7 Å². The van der Waals surface area contributed by atoms with Crippen molar-refractivity contribution in [3.8, 4) is 0 Å². The van der Waals surface area contributed by atoms with Crippen LogP contribution in [0.1, 0.15) is 25.3 Å². The lowest BCUT2D eigenvalue weighted by molar-refractivity contribution is -0.124. The average Bonchev–Trinajstić information content (AvgIpc) is 3.03. The van der Waals surface area contributed by atoms with Crippen LogP contribution in [0.25, 0.3) is 0 Å². The van der Waals surface area contributed by atoms with Crippen molar-refractivity contribution in [2.24, 2.45) is 11.7 Å². The monoisotopic (exact) mass is 389 g/mol. The Morgan fingerprint density at radius 1 is 1.32 bits per heavy atom. The normalized spacial score (nSPS) is 19.2. The van der Waals surface area contributed by atoms with Crippen LogP contribution in [0.15, 0.2) is 24.3 Å². The molecule has 0 radical (unpaired) electrons. The van der Waals surface area contributed by atoms with Gasteiger partial charge in [0.15, 0.2) is 0 Å². The van der Waals surface area contributed by atoms with E-state index >= 15 is 0 Å². The van der Waals surface area contributed by atoms with Gasteiger partial charge in [-0.2, -0.15) is 0 Å². The summed E-state index contributed by atoms with van der Waals surface area (Å²) in [5.41, 5.74) is 8.81. The topological polar surface area (TPSA) is 67.6 Å². The van der Waals surface area contributed by atoms with Crippen LogP contribution in [0.3, 0.4) is 0 Å². The fourth-order valence-corrected chi connectivity index (χ4v) is 3.59. The predicted octanol–water partition coefficient (Wildman–Crippen LogP) is 2.15. The van der Waals surface area contributed by atoms with Crippen LogP contribution in [0.2, 0.25) is 0 Å². The van der Waals surface area contributed by atoms with Crippen LogP contribution in [-0.4, -0.2) is 44.3 Å². The molecule has 2 atom stereocenters. The molecule has 0 aliphatic carbocycles. The summed E-state index contributed by atoms with van der Waals surface area (Å²) in [6.07, 6.45) is 2.84. The maximum Gasteiger partial charge on any atom is 0.237 e. The smallest absolute Gasteiger partial charge is 0.237 e. The standard InChI is InChI=1S/C18H27N3O2.2ClH/c1-13(21-9-6-14-4-2-3-5-16(14)21)12-20-18(22)17(19)15-7-10-23-11-8-15;;/h2-5,13,15,17H,6-12,19H2,1H3,(H,20,22);2*1H. The average molecular weight is 390 g/mol. The van der Waals surface area contributed by atoms with Crippen LogP contribution in [0, 0.1) is 5.92 Å². The summed E-state index contributed by atoms with van der Waals surface area (Å²) in [7, 11) is 0. The quantitative estimate of drug-likeness (QED) is 0.809. The predicted molar refractivity (Wildman–Crippen MR) is 106 cm³/mol. The number of halogens is 2. The second kappa shape index (κ2) is 10.2. The number of para-hydroxylation sites is 1. The van der Waals surface area contributed by atoms with E-state index in [4.69, 9.17) is 10.5 Å². The van der Waals surface area contributed by atoms with E-state index in [1.165, 1.54) is 11.3 Å². The SMILES string of the molecule is CC(CNC(=O)C(N)C1CCOCC1)N1CCc2ccccc21.Cl.Cl. The largest absolute Gasteiger partial charge is 0.381 e. The highest BCUT2D eigenvalue weighted by molar-refractivity contribution is 5.85. The van der Waals surface area contributed by atoms with Gasteiger partial charge in [-0.1, -0.05) is 18.2 Å². The summed E-state index contributed by atoms with van der Waals surface area (Å²) in [5.74, 6) is 0.211. The van der Waals surface area contributed by atoms with E-state index in [0.29, 0.717) is 19.8 Å². The van der Waals surface area contributed by atoms with Crippen LogP contribution in [0.5, 0.6) is 0 Å². The number of ether oxygens (including phenoxy) is 1. The van der Waals surface area contributed by atoms with Gasteiger partial charge in [0.25, 0.3) is 0 Å². The Morgan fingerprint density at radius 2 is 2.00 bits per heavy atom. The maximum atomic E-state index is 12.3. The van der Waals surface area contributed by atoms with Crippen molar-refractivity contribution in [2.45, 2.75) is 38.3 Å². The Bertz CT molecular complexity index is 553. The summed E-state index contributed by atoms with van der Waals surface area (Å²) in [4.78, 5) is 14.7. The lowest BCUT2D eigenvalue weighted by Gasteiger charge is -2.30. The number of nitrogens with zero attached hydrogens (tertiary/aromatic N) is 1. The highest BCUT2D eigenvalue weighted by atomic mass is 35.5. The van der Waals surface area contributed by atoms with Gasteiger partial charge in [-0.3, -0.25) is 4.79 Å². The summed E-state index contributed by atoms with van der Waals surface area (Å²) in [6, 6.07) is 8.35. The van der Waals surface area contributed by atoms with Crippen molar-refractivity contribution < 1.29 is 9.53 Å². The molecule has 1 fully saturated rings. The second-order valence-corrected chi connectivity index (χ2v) is 6.64. The van der Waals surface area contributed by atoms with Crippen molar-refractivity contribution in [2.75, 3.05) is 31.2 Å². The number of nitrogens with two attached hydrogens (primary N) is 1. The molecule has 2 unspecified atom stereocenters. The lowest BCUT2D eigenvalue weighted by atomic mass is 9.92. The van der Waals surface area contributed by atoms with E-state index in [2.05, 4.69) is 41.4 Å². The fraction of sp³-hybridized carbons (Fsp3) is 0.611. The number of fused-ring (bicyclic) bond motifs is 1. The first kappa shape index (κ1) is 22.0. The van der Waals surface area contributed by atoms with Gasteiger partial charge in [0, 0.05) is 38.0 Å². The minimum atomic E-state index is -0.419. The molecule has 2 aliphatic heterocycles. The van der Waals surface area contributed by atoms with Gasteiger partial charge in [0.2, 0.25) is 5.91 Å². The number of rotatable bonds is 5. The van der Waals surface area contributed by atoms with Crippen molar-refractivity contribution >= 4 is 36.4 Å². The van der Waals surface area contributed by atoms with Crippen LogP contribution >= 0.6 is 24.8 Å². The van der Waals surface area contributed by atoms with Crippen molar-refractivity contribution in [1.29, 1.82) is 0 Å². The second-order valence-electron chi connectivity index (χ2n) is 6.64. The summed E-state index contributed by atoms with van der Waals surface area (Å²) >= 11 is 0. The Morgan fingerprint density at radius 3 is 2.72 bits per heavy atom. The molecule has 1 amide bonds. The Kier molecular flexibility index (Phi) is 9.00. The molecule has 0 aromatic heterocycles. The molecule has 0 saturated carbocycles. The first-order valence-corrected chi connectivity index (χ1v) is 8.62. The Balaban J connectivity index is 0.00000156. The number of carbonyl (C=O) groups is 1. The van der Waals surface area contributed by atoms with Crippen LogP contribution < -0.4 is 16.0 Å². The van der Waals surface area contributed by atoms with Crippen LogP contribution in [-0.2, 0) is 16.0 Å². The van der Waals surface area contributed by atoms with Crippen LogP contribution in [0.4, 0.5) is 5.69 Å². The molecule has 1 aromatic rings. The Labute approximate surface area is 162 Å². The number of hydrogen-bond acceptors (Lipinski definition) is 4. The molecule has 1 aromatic carbocycles. The number of anilines is 1. The molecule has 1 saturated heterocycles. The third-order valence-electron chi connectivity index (χ3n) is 5.10. The van der Waals surface area contributed by atoms with Gasteiger partial charge >= 0.3 is 0 Å². The highest BCUT2D eigenvalue weighted by Gasteiger charge is 2.28. The molecule has 0 bridgehead atoms. The molecule has 3 rings (SSSR count). The van der Waals surface area contributed by atoms with E-state index in [-0.39, 0.29) is 42.7 Å². The molecule has 142 valence electrons. The Hall–Kier alpha value is -1.01. The van der Waals surface area contributed by atoms with Crippen molar-refractivity contribution in [1.82, 2.24) is 5.32 Å². The molecule has 25 heavy (non-hydrogen) atoms. The first-order valence-electron chi connectivity index (χ1n) is 8.62. The van der Waals surface area contributed by atoms with Gasteiger partial charge in [0.1, 0.15) is 0 Å². The number of hydrogen-bond donors (Lipinski definition) is 2. The third kappa shape index (κ3) is 5.23. The molecule has 7 heteroatoms. The summed E-state index contributed by atoms with van der Waals surface area (Å²) in [6.45, 7) is 5.23. The zero-order valence-corrected chi connectivity index (χ0v) is 16.3. The zero-order chi connectivity index (χ0) is 16.2. The fourth-order valence-electron chi connectivity index (χ4n) is 3.59. The van der Waals surface area contributed by atoms with Crippen molar-refractivity contribution in [3.05, 3.63) is 29.8 Å². The molecule has 2 aliphatic rings. The molecule has 3 N–H and O–H groups in total. The zero-order valence-electron chi connectivity index (χ0n) is 14.6. The summed E-state index contributed by atoms with van der Waals surface area (Å²) in [5, 5.41) is 3.04. The highest BCUT2D eigenvalue weighted by Crippen LogP contribution is 2.28. The molecular weight excluding hydrogens is 361 g/mol. The van der Waals surface area contributed by atoms with Gasteiger partial charge < -0.3 is 20.7 Å². The van der Waals surface area contributed by atoms with Gasteiger partial charge in [-0.25, -0.2) is 0 Å². The maximum absolute atomic E-state index is 12.3. The van der Waals surface area contributed by atoms with Crippen molar-refractivity contribution in [3.63, 3.8) is 0 Å². The third-order valence-corrected chi connectivity index (χ3v) is 5.10. The first-order chi connectivity index (χ1) is 11.2. The summed E-state index contributed by atoms with van der Waals surface area (Å²) < 4.78 is 5.33. The number of nitrogens with one attached hydrogen (secondary N) is 1. The molecule has 5 nitrogen and oxygen atoms in total. The number of carbonyl (C=O) groups excluding carboxylic acids is 1. The lowest BCUT2D eigenvalue weighted by Crippen LogP contribution is -2.50. The number of amides is 1. The van der Waals surface area contributed by atoms with E-state index in [0.717, 1.165) is 25.8 Å². The number of benzene rings is 1. The van der Waals surface area contributed by atoms with E-state index in [9.17, 15) is 4.79 Å². The van der Waals surface area contributed by atoms with Gasteiger partial charge in [0.05, 0.1) is 6.04 Å². The van der Waals surface area contributed by atoms with E-state index in [1.807, 2.05) is 0 Å².